The third-order valence-electron chi connectivity index (χ3n) is 21.1. The number of nitrogens with one attached hydrogen (secondary N) is 6. The number of rotatable bonds is 30. The number of carbonyl (C=O) groups excluding carboxylic acids is 5. The molecule has 3 amide bonds. The Hall–Kier alpha value is -14.1. The number of piperazine rings is 3. The molecule has 710 valence electrons. The van der Waals surface area contributed by atoms with E-state index in [1.165, 1.54) is 36.4 Å². The molecule has 0 spiro atoms. The summed E-state index contributed by atoms with van der Waals surface area (Å²) in [6.45, 7) is 39.4. The van der Waals surface area contributed by atoms with E-state index in [9.17, 15) is 28.4 Å². The van der Waals surface area contributed by atoms with E-state index >= 15 is 8.78 Å². The van der Waals surface area contributed by atoms with E-state index in [1.807, 2.05) is 12.1 Å². The summed E-state index contributed by atoms with van der Waals surface area (Å²) in [5.74, 6) is -0.0755. The first kappa shape index (κ1) is 102. The van der Waals surface area contributed by atoms with Crippen LogP contribution >= 0.6 is 11.6 Å². The van der Waals surface area contributed by atoms with Gasteiger partial charge in [-0.15, -0.1) is 0 Å². The van der Waals surface area contributed by atoms with Crippen LogP contribution in [0.3, 0.4) is 0 Å². The number of H-pyrrole nitrogens is 1. The number of nitrogens with two attached hydrogens (primary N) is 1. The zero-order valence-corrected chi connectivity index (χ0v) is 76.2. The fourth-order valence-corrected chi connectivity index (χ4v) is 14.4. The first-order chi connectivity index (χ1) is 63.4. The second kappa shape index (κ2) is 47.8. The highest BCUT2D eigenvalue weighted by atomic mass is 35.5. The largest absolute Gasteiger partial charge is 0.443 e. The molecule has 134 heavy (non-hydrogen) atoms. The van der Waals surface area contributed by atoms with E-state index in [0.29, 0.717) is 107 Å². The average molecular weight is 1860 g/mol. The van der Waals surface area contributed by atoms with Crippen LogP contribution in [0.4, 0.5) is 76.3 Å². The van der Waals surface area contributed by atoms with Crippen molar-refractivity contribution in [3.8, 4) is 34.9 Å². The molecule has 3 aliphatic heterocycles. The standard InChI is InChI=1S/C34H40FN7O4.C28H30FN7O2.C21H21ClN4O4.C13H20FN3O.2CH4/c1-6-14-40-16-18-41(19-17-40)28-12-11-24(21-27(28)35)37-33-38-30-26(13-15-42(30)22-45-32(44)34(3,4)5)31(39-33)46-25-10-8-9-23(20-25)36-29(43)7-2;1-3-12-35-13-15-36(16-14-35)24-9-8-20(18-23(24)29)32-28-33-26-22(10-11-30-26)27(34-28)38-21-7-5-6-19(17-21)31-25(37)4-2;1-5-16(27)23-13-7-6-8-14(11-13)30-18-15-9-10-26(17(15)24-20(22)25-18)12-29-19(28)21(2,3)4;1-18-9-8-16-4-6-17(7-5-16)13-3-2-11(15)10-12(13)14;;/h7-13,15,20-21H,2,6,14,16-19,22H2,1,3-5H3,(H,36,43)(H,37,38,39);4-11,17-18H,2-3,12-16H2,1H3,(H,31,37)(H2,30,32,33,34);5-11H,1,12H2,2-4H3,(H,23,27);2-3,10H,4-9,15H2,1H3;2*1H4. The van der Waals surface area contributed by atoms with Crippen molar-refractivity contribution in [3.63, 3.8) is 0 Å². The number of anilines is 11. The molecule has 36 heteroatoms. The fourth-order valence-electron chi connectivity index (χ4n) is 14.2. The maximum Gasteiger partial charge on any atom is 0.312 e. The molecule has 15 rings (SSSR count). The smallest absolute Gasteiger partial charge is 0.312 e. The van der Waals surface area contributed by atoms with Crippen molar-refractivity contribution < 1.29 is 65.6 Å². The summed E-state index contributed by atoms with van der Waals surface area (Å²) in [7, 11) is 1.71. The number of amides is 3. The van der Waals surface area contributed by atoms with Gasteiger partial charge >= 0.3 is 11.9 Å². The van der Waals surface area contributed by atoms with Crippen LogP contribution in [0.5, 0.6) is 34.9 Å². The van der Waals surface area contributed by atoms with Crippen LogP contribution in [0, 0.1) is 28.3 Å². The number of methoxy groups -OCH3 is 1. The Morgan fingerprint density at radius 3 is 1.23 bits per heavy atom. The van der Waals surface area contributed by atoms with E-state index in [1.54, 1.807) is 192 Å². The van der Waals surface area contributed by atoms with Gasteiger partial charge in [-0.1, -0.05) is 66.6 Å². The molecule has 0 bridgehead atoms. The third kappa shape index (κ3) is 28.2. The summed E-state index contributed by atoms with van der Waals surface area (Å²) in [6.07, 6.45) is 10.9. The van der Waals surface area contributed by atoms with E-state index in [4.69, 9.17) is 45.8 Å². The number of aromatic amines is 1. The number of carbonyl (C=O) groups is 5. The summed E-state index contributed by atoms with van der Waals surface area (Å²) in [4.78, 5) is 103. The molecule has 6 aromatic heterocycles. The van der Waals surface area contributed by atoms with Gasteiger partial charge in [-0.2, -0.15) is 29.9 Å². The Kier molecular flexibility index (Phi) is 36.4. The fraction of sp³-hybridized carbons (Fsp3) is 0.337. The van der Waals surface area contributed by atoms with Gasteiger partial charge in [0.25, 0.3) is 0 Å². The number of hydrogen-bond acceptors (Lipinski definition) is 26. The highest BCUT2D eigenvalue weighted by Gasteiger charge is 2.29. The van der Waals surface area contributed by atoms with E-state index in [-0.39, 0.29) is 104 Å². The SMILES string of the molecule is C.C.C=CC(=O)Nc1cccc(Oc2nc(Cl)nc3c2ccn3COC(=O)C(C)(C)C)c1.C=CC(=O)Nc1cccc(Oc2nc(Nc3ccc(N4CCN(CCC)CC4)c(F)c3)nc3[nH]ccc23)c1.C=CC(=O)Nc1cccc(Oc2nc(Nc3ccc(N4CCN(CCC)CC4)c(F)c3)nc3c2ccn3COC(=O)C(C)(C)C)c1.COCCN1CCN(c2ccc(N)cc2F)CC1. The molecule has 32 nitrogen and oxygen atoms in total. The number of nitrogen functional groups attached to an aromatic ring is 1. The normalized spacial score (nSPS) is 13.5. The molecule has 0 saturated carbocycles. The molecule has 0 radical (unpaired) electrons. The monoisotopic (exact) mass is 1860 g/mol. The van der Waals surface area contributed by atoms with Crippen molar-refractivity contribution in [3.05, 3.63) is 225 Å². The van der Waals surface area contributed by atoms with Gasteiger partial charge in [0.05, 0.1) is 50.7 Å². The summed E-state index contributed by atoms with van der Waals surface area (Å²) in [6, 6.07) is 40.9. The molecule has 12 aromatic rings. The molecule has 0 unspecified atom stereocenters. The first-order valence-corrected chi connectivity index (χ1v) is 43.6. The van der Waals surface area contributed by atoms with Crippen LogP contribution in [0.25, 0.3) is 33.1 Å². The Bertz CT molecular complexity index is 6060. The van der Waals surface area contributed by atoms with Crippen LogP contribution in [0.1, 0.15) is 83.1 Å². The number of ether oxygens (including phenoxy) is 6. The minimum atomic E-state index is -0.676. The van der Waals surface area contributed by atoms with Gasteiger partial charge in [0.1, 0.15) is 40.3 Å². The lowest BCUT2D eigenvalue weighted by Gasteiger charge is -2.36. The molecule has 0 atom stereocenters. The van der Waals surface area contributed by atoms with Crippen molar-refractivity contribution in [2.24, 2.45) is 10.8 Å². The van der Waals surface area contributed by atoms with Crippen molar-refractivity contribution in [2.75, 3.05) is 159 Å². The van der Waals surface area contributed by atoms with Gasteiger partial charge in [-0.25, -0.2) is 13.2 Å². The van der Waals surface area contributed by atoms with Crippen molar-refractivity contribution >= 4 is 137 Å². The molecule has 6 aromatic carbocycles. The molecule has 0 aliphatic carbocycles. The number of nitrogens with zero attached hydrogens (tertiary/aromatic N) is 14. The van der Waals surface area contributed by atoms with Gasteiger partial charge in [0.15, 0.2) is 24.8 Å². The zero-order chi connectivity index (χ0) is 94.2. The van der Waals surface area contributed by atoms with Gasteiger partial charge < -0.3 is 80.4 Å². The predicted molar refractivity (Wildman–Crippen MR) is 523 cm³/mol. The van der Waals surface area contributed by atoms with Crippen LogP contribution in [0.2, 0.25) is 5.28 Å². The molecule has 3 fully saturated rings. The van der Waals surface area contributed by atoms with Crippen LogP contribution in [-0.2, 0) is 51.6 Å². The highest BCUT2D eigenvalue weighted by molar-refractivity contribution is 6.28. The van der Waals surface area contributed by atoms with Crippen molar-refractivity contribution in [1.82, 2.24) is 58.7 Å². The number of benzene rings is 6. The first-order valence-electron chi connectivity index (χ1n) is 43.3. The molecule has 8 N–H and O–H groups in total. The molecule has 9 heterocycles. The lowest BCUT2D eigenvalue weighted by molar-refractivity contribution is -0.157. The number of halogens is 4. The van der Waals surface area contributed by atoms with Crippen molar-refractivity contribution in [2.45, 2.75) is 96.5 Å². The van der Waals surface area contributed by atoms with Crippen LogP contribution in [-0.4, -0.2) is 200 Å². The maximum atomic E-state index is 15.4. The summed E-state index contributed by atoms with van der Waals surface area (Å²) in [5, 5.41) is 16.1. The number of aromatic nitrogens is 9. The predicted octanol–water partition coefficient (Wildman–Crippen LogP) is 18.6. The van der Waals surface area contributed by atoms with Gasteiger partial charge in [0, 0.05) is 163 Å². The quantitative estimate of drug-likeness (QED) is 0.00951. The molecule has 3 aliphatic rings. The lowest BCUT2D eigenvalue weighted by atomic mass is 9.97. The van der Waals surface area contributed by atoms with Gasteiger partial charge in [-0.05, 0) is 206 Å². The molecular formula is C98H119ClF3N21O11. The van der Waals surface area contributed by atoms with E-state index in [0.717, 1.165) is 118 Å². The van der Waals surface area contributed by atoms with Crippen molar-refractivity contribution in [1.29, 1.82) is 0 Å². The number of fused-ring (bicyclic) bond motifs is 3. The van der Waals surface area contributed by atoms with Gasteiger partial charge in [-0.3, -0.25) is 47.8 Å². The second-order valence-corrected chi connectivity index (χ2v) is 33.5. The van der Waals surface area contributed by atoms with Crippen LogP contribution < -0.4 is 61.2 Å². The minimum Gasteiger partial charge on any atom is -0.443 e. The zero-order valence-electron chi connectivity index (χ0n) is 75.4. The molecular weight excluding hydrogens is 1740 g/mol. The topological polar surface area (TPSA) is 349 Å². The summed E-state index contributed by atoms with van der Waals surface area (Å²) >= 11 is 6.08. The minimum absolute atomic E-state index is 0. The van der Waals surface area contributed by atoms with E-state index < -0.39 is 10.8 Å². The Morgan fingerprint density at radius 2 is 0.843 bits per heavy atom. The Balaban J connectivity index is 0.000000192. The van der Waals surface area contributed by atoms with Gasteiger partial charge in [0.2, 0.25) is 52.5 Å². The summed E-state index contributed by atoms with van der Waals surface area (Å²) in [5.41, 5.74) is 10.6. The Morgan fingerprint density at radius 1 is 0.463 bits per heavy atom. The maximum absolute atomic E-state index is 15.4. The summed E-state index contributed by atoms with van der Waals surface area (Å²) < 4.78 is 81.7. The average Bonchev–Trinajstić information content (AvgIpc) is 1.60. The lowest BCUT2D eigenvalue weighted by Crippen LogP contribution is -2.47. The number of esters is 2. The Labute approximate surface area is 783 Å². The van der Waals surface area contributed by atoms with Crippen LogP contribution in [0.15, 0.2) is 202 Å². The number of hydrogen-bond donors (Lipinski definition) is 7. The van der Waals surface area contributed by atoms with E-state index in [2.05, 4.69) is 124 Å². The second-order valence-electron chi connectivity index (χ2n) is 33.2. The molecule has 3 saturated heterocycles. The highest BCUT2D eigenvalue weighted by Crippen LogP contribution is 2.37. The third-order valence-corrected chi connectivity index (χ3v) is 21.3.